The number of amides is 3. The number of urea groups is 1. The Morgan fingerprint density at radius 2 is 2.04 bits per heavy atom. The Hall–Kier alpha value is -1.49. The van der Waals surface area contributed by atoms with E-state index in [1.54, 1.807) is 23.9 Å². The van der Waals surface area contributed by atoms with Gasteiger partial charge in [-0.15, -0.1) is 0 Å². The molecule has 2 saturated heterocycles. The lowest BCUT2D eigenvalue weighted by Crippen LogP contribution is -2.38. The van der Waals surface area contributed by atoms with Crippen LogP contribution in [-0.4, -0.2) is 54.1 Å². The molecule has 3 N–H and O–H groups in total. The molecule has 26 heavy (non-hydrogen) atoms. The third-order valence-electron chi connectivity index (χ3n) is 4.28. The number of hydrogen-bond donors (Lipinski definition) is 3. The van der Waals surface area contributed by atoms with Gasteiger partial charge in [0.25, 0.3) is 5.91 Å². The molecular weight excluding hydrogens is 469 g/mol. The number of rotatable bonds is 7. The highest BCUT2D eigenvalue weighted by molar-refractivity contribution is 14.1. The number of ether oxygens (including phenoxy) is 1. The van der Waals surface area contributed by atoms with Crippen LogP contribution >= 0.6 is 34.4 Å². The van der Waals surface area contributed by atoms with Crippen molar-refractivity contribution < 1.29 is 19.1 Å². The second-order valence-electron chi connectivity index (χ2n) is 6.16. The van der Waals surface area contributed by atoms with Gasteiger partial charge in [-0.2, -0.15) is 11.8 Å². The van der Waals surface area contributed by atoms with Crippen LogP contribution in [0, 0.1) is 3.57 Å². The van der Waals surface area contributed by atoms with E-state index >= 15 is 0 Å². The van der Waals surface area contributed by atoms with Crippen LogP contribution in [0.3, 0.4) is 0 Å². The standard InChI is InChI=1S/C17H20IN3O4S/c18-11-4-2-10(3-5-11)16(23)19-6-1-7-25-14(22)8-13-15-12(9-26-13)20-17(24)21-15/h2-5,12-13,15H,1,6-9H2,(H,19,23)(H2,20,21,24)/t12-,13-,15-/m0/s1. The summed E-state index contributed by atoms with van der Waals surface area (Å²) in [6, 6.07) is 7.24. The SMILES string of the molecule is O=C1N[C@H]2[C@H](CS[C@H]2CC(=O)OCCCNC(=O)c2ccc(I)cc2)N1. The predicted molar refractivity (Wildman–Crippen MR) is 107 cm³/mol. The van der Waals surface area contributed by atoms with Crippen molar-refractivity contribution in [3.05, 3.63) is 33.4 Å². The number of hydrogen-bond acceptors (Lipinski definition) is 5. The minimum atomic E-state index is -0.270. The largest absolute Gasteiger partial charge is 0.466 e. The van der Waals surface area contributed by atoms with Crippen molar-refractivity contribution in [2.75, 3.05) is 18.9 Å². The number of benzene rings is 1. The molecule has 0 radical (unpaired) electrons. The van der Waals surface area contributed by atoms with Gasteiger partial charge in [-0.1, -0.05) is 0 Å². The van der Waals surface area contributed by atoms with Gasteiger partial charge in [0.15, 0.2) is 0 Å². The van der Waals surface area contributed by atoms with Gasteiger partial charge in [-0.25, -0.2) is 4.79 Å². The average Bonchev–Trinajstić information content (AvgIpc) is 3.15. The number of thioether (sulfide) groups is 1. The fourth-order valence-electron chi connectivity index (χ4n) is 2.95. The van der Waals surface area contributed by atoms with Crippen molar-refractivity contribution in [3.63, 3.8) is 0 Å². The molecule has 0 bridgehead atoms. The van der Waals surface area contributed by atoms with Crippen LogP contribution in [0.5, 0.6) is 0 Å². The number of esters is 1. The third kappa shape index (κ3) is 5.03. The van der Waals surface area contributed by atoms with Gasteiger partial charge in [-0.05, 0) is 53.3 Å². The zero-order valence-corrected chi connectivity index (χ0v) is 17.0. The summed E-state index contributed by atoms with van der Waals surface area (Å²) in [5.74, 6) is 0.408. The number of carbonyl (C=O) groups is 3. The van der Waals surface area contributed by atoms with Gasteiger partial charge in [0.2, 0.25) is 0 Å². The van der Waals surface area contributed by atoms with Gasteiger partial charge < -0.3 is 20.7 Å². The summed E-state index contributed by atoms with van der Waals surface area (Å²) in [7, 11) is 0. The number of nitrogens with one attached hydrogen (secondary N) is 3. The predicted octanol–water partition coefficient (Wildman–Crippen LogP) is 1.51. The van der Waals surface area contributed by atoms with E-state index in [0.717, 1.165) is 9.32 Å². The molecule has 2 aliphatic heterocycles. The van der Waals surface area contributed by atoms with Crippen LogP contribution in [-0.2, 0) is 9.53 Å². The summed E-state index contributed by atoms with van der Waals surface area (Å²) in [4.78, 5) is 35.2. The lowest BCUT2D eigenvalue weighted by Gasteiger charge is -2.15. The van der Waals surface area contributed by atoms with Crippen LogP contribution < -0.4 is 16.0 Å². The minimum absolute atomic E-state index is 0.00623. The highest BCUT2D eigenvalue weighted by Gasteiger charge is 2.43. The van der Waals surface area contributed by atoms with Crippen molar-refractivity contribution in [2.24, 2.45) is 0 Å². The van der Waals surface area contributed by atoms with Crippen LogP contribution in [0.4, 0.5) is 4.79 Å². The molecule has 1 aromatic rings. The molecule has 0 aromatic heterocycles. The summed E-state index contributed by atoms with van der Waals surface area (Å²) >= 11 is 3.86. The first-order valence-electron chi connectivity index (χ1n) is 8.41. The lowest BCUT2D eigenvalue weighted by molar-refractivity contribution is -0.143. The zero-order chi connectivity index (χ0) is 18.5. The van der Waals surface area contributed by atoms with E-state index in [9.17, 15) is 14.4 Å². The Balaban J connectivity index is 1.30. The smallest absolute Gasteiger partial charge is 0.315 e. The van der Waals surface area contributed by atoms with E-state index in [2.05, 4.69) is 38.5 Å². The molecule has 3 atom stereocenters. The monoisotopic (exact) mass is 489 g/mol. The molecule has 0 aliphatic carbocycles. The number of fused-ring (bicyclic) bond motifs is 1. The molecule has 1 aromatic carbocycles. The summed E-state index contributed by atoms with van der Waals surface area (Å²) in [6.07, 6.45) is 0.840. The van der Waals surface area contributed by atoms with Gasteiger partial charge in [0, 0.05) is 26.7 Å². The molecule has 3 amide bonds. The third-order valence-corrected chi connectivity index (χ3v) is 6.44. The van der Waals surface area contributed by atoms with E-state index in [-0.39, 0.29) is 48.3 Å². The second kappa shape index (κ2) is 8.94. The van der Waals surface area contributed by atoms with E-state index in [4.69, 9.17) is 4.74 Å². The van der Waals surface area contributed by atoms with Crippen molar-refractivity contribution in [3.8, 4) is 0 Å². The Morgan fingerprint density at radius 1 is 1.27 bits per heavy atom. The first kappa shape index (κ1) is 19.3. The zero-order valence-electron chi connectivity index (χ0n) is 14.0. The van der Waals surface area contributed by atoms with Crippen molar-refractivity contribution in [1.82, 2.24) is 16.0 Å². The molecule has 2 fully saturated rings. The van der Waals surface area contributed by atoms with Crippen molar-refractivity contribution in [2.45, 2.75) is 30.2 Å². The Kier molecular flexibility index (Phi) is 6.63. The Bertz CT molecular complexity index is 685. The molecule has 0 spiro atoms. The molecule has 3 rings (SSSR count). The molecule has 2 heterocycles. The van der Waals surface area contributed by atoms with E-state index < -0.39 is 0 Å². The minimum Gasteiger partial charge on any atom is -0.466 e. The first-order valence-corrected chi connectivity index (χ1v) is 10.5. The fraction of sp³-hybridized carbons (Fsp3) is 0.471. The maximum Gasteiger partial charge on any atom is 0.315 e. The van der Waals surface area contributed by atoms with E-state index in [0.29, 0.717) is 18.5 Å². The number of halogens is 1. The lowest BCUT2D eigenvalue weighted by atomic mass is 10.1. The number of carbonyl (C=O) groups excluding carboxylic acids is 3. The van der Waals surface area contributed by atoms with Crippen LogP contribution in [0.2, 0.25) is 0 Å². The molecule has 140 valence electrons. The van der Waals surface area contributed by atoms with E-state index in [1.165, 1.54) is 0 Å². The fourth-order valence-corrected chi connectivity index (χ4v) is 4.78. The molecule has 7 nitrogen and oxygen atoms in total. The van der Waals surface area contributed by atoms with Crippen LogP contribution in [0.25, 0.3) is 0 Å². The Labute approximate surface area is 169 Å². The summed E-state index contributed by atoms with van der Waals surface area (Å²) < 4.78 is 6.32. The molecule has 9 heteroatoms. The van der Waals surface area contributed by atoms with Crippen LogP contribution in [0.15, 0.2) is 24.3 Å². The van der Waals surface area contributed by atoms with Gasteiger partial charge in [-0.3, -0.25) is 9.59 Å². The molecule has 2 aliphatic rings. The van der Waals surface area contributed by atoms with Crippen molar-refractivity contribution >= 4 is 52.3 Å². The quantitative estimate of drug-likeness (QED) is 0.234. The maximum atomic E-state index is 12.0. The van der Waals surface area contributed by atoms with E-state index in [1.807, 2.05) is 12.1 Å². The van der Waals surface area contributed by atoms with Gasteiger partial charge >= 0.3 is 12.0 Å². The molecule has 0 unspecified atom stereocenters. The molecular formula is C17H20IN3O4S. The summed E-state index contributed by atoms with van der Waals surface area (Å²) in [6.45, 7) is 0.711. The summed E-state index contributed by atoms with van der Waals surface area (Å²) in [5.41, 5.74) is 0.613. The molecule has 0 saturated carbocycles. The Morgan fingerprint density at radius 3 is 2.81 bits per heavy atom. The highest BCUT2D eigenvalue weighted by Crippen LogP contribution is 2.32. The highest BCUT2D eigenvalue weighted by atomic mass is 127. The maximum absolute atomic E-state index is 12.0. The normalized spacial score (nSPS) is 23.7. The topological polar surface area (TPSA) is 96.5 Å². The first-order chi connectivity index (χ1) is 12.5. The van der Waals surface area contributed by atoms with Gasteiger partial charge in [0.1, 0.15) is 0 Å². The van der Waals surface area contributed by atoms with Gasteiger partial charge in [0.05, 0.1) is 25.1 Å². The summed E-state index contributed by atoms with van der Waals surface area (Å²) in [5, 5.41) is 8.55. The van der Waals surface area contributed by atoms with Crippen LogP contribution in [0.1, 0.15) is 23.2 Å². The average molecular weight is 489 g/mol. The second-order valence-corrected chi connectivity index (χ2v) is 8.68. The van der Waals surface area contributed by atoms with Crippen molar-refractivity contribution in [1.29, 1.82) is 0 Å².